The third-order valence-electron chi connectivity index (χ3n) is 1.22. The Hall–Kier alpha value is -1.23. The fourth-order valence-corrected chi connectivity index (χ4v) is 0.683. The second-order valence-electron chi connectivity index (χ2n) is 2.06. The van der Waals surface area contributed by atoms with Gasteiger partial charge in [-0.2, -0.15) is 5.10 Å². The van der Waals surface area contributed by atoms with Crippen LogP contribution in [0.3, 0.4) is 0 Å². The van der Waals surface area contributed by atoms with E-state index in [-0.39, 0.29) is 0 Å². The van der Waals surface area contributed by atoms with E-state index in [4.69, 9.17) is 16.6 Å². The van der Waals surface area contributed by atoms with E-state index >= 15 is 0 Å². The van der Waals surface area contributed by atoms with Crippen molar-refractivity contribution in [3.63, 3.8) is 0 Å². The predicted octanol–water partition coefficient (Wildman–Crippen LogP) is -0.442. The first kappa shape index (κ1) is 6.88. The Kier molecular flexibility index (Phi) is 1.50. The molecule has 1 heterocycles. The molecule has 10 heavy (non-hydrogen) atoms. The van der Waals surface area contributed by atoms with Crippen molar-refractivity contribution in [2.24, 2.45) is 0 Å². The van der Waals surface area contributed by atoms with Crippen molar-refractivity contribution in [3.8, 4) is 0 Å². The molecule has 0 saturated heterocycles. The van der Waals surface area contributed by atoms with Crippen LogP contribution < -0.4 is 11.5 Å². The Balaban J connectivity index is 3.05. The minimum absolute atomic E-state index is 0.301. The molecule has 0 radical (unpaired) electrons. The molecule has 1 aromatic heterocycles. The molecule has 56 valence electrons. The Morgan fingerprint density at radius 3 is 2.50 bits per heavy atom. The monoisotopic (exact) mass is 142 g/mol. The Morgan fingerprint density at radius 1 is 1.70 bits per heavy atom. The molecule has 0 fully saturated rings. The Bertz CT molecular complexity index is 230. The van der Waals surface area contributed by atoms with E-state index in [1.807, 2.05) is 0 Å². The van der Waals surface area contributed by atoms with E-state index in [0.29, 0.717) is 11.5 Å². The first-order valence-electron chi connectivity index (χ1n) is 2.89. The average Bonchev–Trinajstić information content (AvgIpc) is 2.14. The molecule has 0 amide bonds. The molecular weight excluding hydrogens is 132 g/mol. The van der Waals surface area contributed by atoms with Gasteiger partial charge in [0.15, 0.2) is 0 Å². The van der Waals surface area contributed by atoms with Crippen LogP contribution in [-0.4, -0.2) is 14.9 Å². The summed E-state index contributed by atoms with van der Waals surface area (Å²) in [5.74, 6) is 0.301. The molecule has 1 rings (SSSR count). The lowest BCUT2D eigenvalue weighted by molar-refractivity contribution is 0.113. The predicted molar refractivity (Wildman–Crippen MR) is 38.0 cm³/mol. The molecule has 1 atom stereocenters. The molecule has 0 aromatic carbocycles. The quantitative estimate of drug-likeness (QED) is 0.495. The minimum Gasteiger partial charge on any atom is -0.394 e. The zero-order valence-corrected chi connectivity index (χ0v) is 5.65. The molecule has 5 N–H and O–H groups in total. The van der Waals surface area contributed by atoms with Gasteiger partial charge in [0.1, 0.15) is 12.0 Å². The van der Waals surface area contributed by atoms with E-state index in [9.17, 15) is 0 Å². The number of aromatic nitrogens is 2. The second-order valence-corrected chi connectivity index (χ2v) is 2.06. The largest absolute Gasteiger partial charge is 0.394 e. The van der Waals surface area contributed by atoms with E-state index in [0.717, 1.165) is 0 Å². The number of rotatable bonds is 1. The normalized spacial score (nSPS) is 13.4. The molecule has 5 heteroatoms. The lowest BCUT2D eigenvalue weighted by Crippen LogP contribution is -2.09. The zero-order chi connectivity index (χ0) is 7.72. The summed E-state index contributed by atoms with van der Waals surface area (Å²) in [4.78, 5) is 0. The van der Waals surface area contributed by atoms with Gasteiger partial charge in [0, 0.05) is 0 Å². The smallest absolute Gasteiger partial charge is 0.148 e. The van der Waals surface area contributed by atoms with Gasteiger partial charge in [-0.25, -0.2) is 4.68 Å². The van der Waals surface area contributed by atoms with Crippen molar-refractivity contribution in [2.75, 3.05) is 11.5 Å². The summed E-state index contributed by atoms with van der Waals surface area (Å²) < 4.78 is 1.25. The first-order chi connectivity index (χ1) is 4.63. The second kappa shape index (κ2) is 2.18. The number of aliphatic hydroxyl groups excluding tert-OH is 1. The fourth-order valence-electron chi connectivity index (χ4n) is 0.683. The highest BCUT2D eigenvalue weighted by molar-refractivity contribution is 5.57. The number of hydrogen-bond donors (Lipinski definition) is 3. The van der Waals surface area contributed by atoms with Crippen LogP contribution in [0.15, 0.2) is 6.20 Å². The molecule has 1 aromatic rings. The van der Waals surface area contributed by atoms with E-state index in [1.165, 1.54) is 10.9 Å². The van der Waals surface area contributed by atoms with Gasteiger partial charge in [-0.1, -0.05) is 0 Å². The molecule has 0 aliphatic carbocycles. The van der Waals surface area contributed by atoms with Gasteiger partial charge in [-0.15, -0.1) is 0 Å². The first-order valence-corrected chi connectivity index (χ1v) is 2.89. The number of hydrogen-bond acceptors (Lipinski definition) is 4. The van der Waals surface area contributed by atoms with E-state index in [2.05, 4.69) is 5.10 Å². The van der Waals surface area contributed by atoms with Gasteiger partial charge in [-0.3, -0.25) is 0 Å². The summed E-state index contributed by atoms with van der Waals surface area (Å²) in [5.41, 5.74) is 11.2. The number of nitrogen functional groups attached to an aromatic ring is 2. The Morgan fingerprint density at radius 2 is 2.30 bits per heavy atom. The molecule has 0 unspecified atom stereocenters. The van der Waals surface area contributed by atoms with Crippen LogP contribution in [0.25, 0.3) is 0 Å². The van der Waals surface area contributed by atoms with Crippen molar-refractivity contribution >= 4 is 11.5 Å². The van der Waals surface area contributed by atoms with Crippen LogP contribution in [-0.2, 0) is 0 Å². The van der Waals surface area contributed by atoms with Crippen molar-refractivity contribution < 1.29 is 5.11 Å². The average molecular weight is 142 g/mol. The number of anilines is 2. The van der Waals surface area contributed by atoms with Gasteiger partial charge in [0.25, 0.3) is 0 Å². The minimum atomic E-state index is -0.725. The molecule has 5 nitrogen and oxygen atoms in total. The van der Waals surface area contributed by atoms with Crippen molar-refractivity contribution in [1.29, 1.82) is 0 Å². The van der Waals surface area contributed by atoms with Crippen molar-refractivity contribution in [2.45, 2.75) is 13.2 Å². The van der Waals surface area contributed by atoms with Crippen LogP contribution in [0, 0.1) is 0 Å². The standard InChI is InChI=1S/C5H10N4O/c1-3(10)9-5(7)4(6)2-8-9/h2-3,10H,6-7H2,1H3/t3-/m1/s1. The highest BCUT2D eigenvalue weighted by Gasteiger charge is 2.06. The maximum Gasteiger partial charge on any atom is 0.148 e. The zero-order valence-electron chi connectivity index (χ0n) is 5.65. The van der Waals surface area contributed by atoms with Gasteiger partial charge in [-0.05, 0) is 6.92 Å². The SMILES string of the molecule is C[C@@H](O)n1ncc(N)c1N. The van der Waals surface area contributed by atoms with Gasteiger partial charge >= 0.3 is 0 Å². The van der Waals surface area contributed by atoms with Crippen LogP contribution in [0.4, 0.5) is 11.5 Å². The number of nitrogens with zero attached hydrogens (tertiary/aromatic N) is 2. The van der Waals surface area contributed by atoms with Crippen molar-refractivity contribution in [3.05, 3.63) is 6.20 Å². The molecule has 0 aliphatic rings. The third kappa shape index (κ3) is 0.906. The van der Waals surface area contributed by atoms with E-state index in [1.54, 1.807) is 6.92 Å². The van der Waals surface area contributed by atoms with Crippen molar-refractivity contribution in [1.82, 2.24) is 9.78 Å². The van der Waals surface area contributed by atoms with Gasteiger partial charge < -0.3 is 16.6 Å². The molecule has 0 spiro atoms. The number of nitrogens with two attached hydrogens (primary N) is 2. The third-order valence-corrected chi connectivity index (χ3v) is 1.22. The summed E-state index contributed by atoms with van der Waals surface area (Å²) in [6, 6.07) is 0. The summed E-state index contributed by atoms with van der Waals surface area (Å²) >= 11 is 0. The maximum atomic E-state index is 8.98. The maximum absolute atomic E-state index is 8.98. The molecular formula is C5H10N4O. The Labute approximate surface area is 58.2 Å². The van der Waals surface area contributed by atoms with Gasteiger partial charge in [0.2, 0.25) is 0 Å². The van der Waals surface area contributed by atoms with Gasteiger partial charge in [0.05, 0.1) is 11.9 Å². The van der Waals surface area contributed by atoms with E-state index < -0.39 is 6.23 Å². The van der Waals surface area contributed by atoms with Crippen LogP contribution >= 0.6 is 0 Å². The molecule has 0 aliphatic heterocycles. The lowest BCUT2D eigenvalue weighted by Gasteiger charge is -2.05. The number of aliphatic hydroxyl groups is 1. The highest BCUT2D eigenvalue weighted by Crippen LogP contribution is 2.15. The van der Waals surface area contributed by atoms with Crippen LogP contribution in [0.1, 0.15) is 13.2 Å². The van der Waals surface area contributed by atoms with Crippen LogP contribution in [0.5, 0.6) is 0 Å². The topological polar surface area (TPSA) is 90.1 Å². The molecule has 0 saturated carbocycles. The highest BCUT2D eigenvalue weighted by atomic mass is 16.3. The summed E-state index contributed by atoms with van der Waals surface area (Å²) in [6.45, 7) is 1.56. The summed E-state index contributed by atoms with van der Waals surface area (Å²) in [6.07, 6.45) is 0.680. The lowest BCUT2D eigenvalue weighted by atomic mass is 10.5. The fraction of sp³-hybridized carbons (Fsp3) is 0.400. The summed E-state index contributed by atoms with van der Waals surface area (Å²) in [7, 11) is 0. The molecule has 0 bridgehead atoms. The van der Waals surface area contributed by atoms with Crippen LogP contribution in [0.2, 0.25) is 0 Å². The summed E-state index contributed by atoms with van der Waals surface area (Å²) in [5, 5.41) is 12.7.